The molecule has 0 spiro atoms. The van der Waals surface area contributed by atoms with Gasteiger partial charge in [-0.1, -0.05) is 56.2 Å². The SMILES string of the molecule is C=CC(=O)N1CCN(c2nc(OC[C@H](C)N(C)C3CCCCC3)nc3c2CCN(c2cccc4cccc(C)c24)C3)C[C@@H]1CC#N. The van der Waals surface area contributed by atoms with E-state index in [0.717, 1.165) is 30.0 Å². The molecule has 3 aromatic rings. The summed E-state index contributed by atoms with van der Waals surface area (Å²) in [4.78, 5) is 31.6. The molecule has 1 saturated carbocycles. The molecule has 46 heavy (non-hydrogen) atoms. The van der Waals surface area contributed by atoms with Gasteiger partial charge < -0.3 is 19.4 Å². The normalized spacial score (nSPS) is 19.5. The van der Waals surface area contributed by atoms with Gasteiger partial charge in [0.05, 0.1) is 30.8 Å². The molecule has 1 saturated heterocycles. The van der Waals surface area contributed by atoms with Gasteiger partial charge in [0.2, 0.25) is 5.91 Å². The zero-order valence-corrected chi connectivity index (χ0v) is 27.6. The molecule has 2 atom stereocenters. The number of rotatable bonds is 9. The van der Waals surface area contributed by atoms with Crippen LogP contribution in [0.1, 0.15) is 62.3 Å². The van der Waals surface area contributed by atoms with Crippen molar-refractivity contribution in [1.29, 1.82) is 5.26 Å². The highest BCUT2D eigenvalue weighted by Crippen LogP contribution is 2.36. The molecule has 3 heterocycles. The van der Waals surface area contributed by atoms with Crippen LogP contribution < -0.4 is 14.5 Å². The third-order valence-corrected chi connectivity index (χ3v) is 10.3. The molecule has 3 aliphatic rings. The fourth-order valence-corrected chi connectivity index (χ4v) is 7.59. The molecule has 1 aliphatic carbocycles. The van der Waals surface area contributed by atoms with Crippen LogP contribution >= 0.6 is 0 Å². The van der Waals surface area contributed by atoms with E-state index >= 15 is 0 Å². The quantitative estimate of drug-likeness (QED) is 0.284. The standard InChI is InChI=1S/C37H47N7O2/c1-5-34(45)44-22-21-43(23-30(44)17-19-38)36-31-18-20-42(33-16-10-13-28-12-9-11-26(2)35(28)33)24-32(31)39-37(40-36)46-25-27(3)41(4)29-14-7-6-8-15-29/h5,9-13,16,27,29-30H,1,6-8,14-15,17-18,20-25H2,2-4H3/t27-,30-/m0/s1. The second-order valence-corrected chi connectivity index (χ2v) is 13.2. The van der Waals surface area contributed by atoms with E-state index in [4.69, 9.17) is 14.7 Å². The molecule has 2 aliphatic heterocycles. The van der Waals surface area contributed by atoms with E-state index in [1.165, 1.54) is 60.2 Å². The summed E-state index contributed by atoms with van der Waals surface area (Å²) in [5.74, 6) is 0.737. The number of carbonyl (C=O) groups excluding carboxylic acids is 1. The molecule has 2 fully saturated rings. The second-order valence-electron chi connectivity index (χ2n) is 13.2. The number of likely N-dealkylation sites (N-methyl/N-ethyl adjacent to an activating group) is 1. The number of benzene rings is 2. The number of ether oxygens (including phenoxy) is 1. The number of hydrogen-bond donors (Lipinski definition) is 0. The number of aromatic nitrogens is 2. The van der Waals surface area contributed by atoms with Crippen molar-refractivity contribution >= 4 is 28.2 Å². The van der Waals surface area contributed by atoms with Crippen molar-refractivity contribution in [3.8, 4) is 12.1 Å². The van der Waals surface area contributed by atoms with Crippen molar-refractivity contribution in [3.05, 3.63) is 65.9 Å². The Morgan fingerprint density at radius 3 is 2.67 bits per heavy atom. The maximum atomic E-state index is 12.6. The van der Waals surface area contributed by atoms with Gasteiger partial charge in [0.15, 0.2) is 0 Å². The predicted molar refractivity (Wildman–Crippen MR) is 183 cm³/mol. The Morgan fingerprint density at radius 1 is 1.13 bits per heavy atom. The third kappa shape index (κ3) is 6.54. The molecule has 0 radical (unpaired) electrons. The molecule has 0 N–H and O–H groups in total. The largest absolute Gasteiger partial charge is 0.462 e. The Hall–Kier alpha value is -4.16. The highest BCUT2D eigenvalue weighted by Gasteiger charge is 2.33. The second kappa shape index (κ2) is 14.1. The van der Waals surface area contributed by atoms with Crippen LogP contribution in [0.5, 0.6) is 6.01 Å². The minimum atomic E-state index is -0.234. The maximum Gasteiger partial charge on any atom is 0.318 e. The van der Waals surface area contributed by atoms with Gasteiger partial charge in [-0.2, -0.15) is 15.2 Å². The van der Waals surface area contributed by atoms with E-state index in [0.29, 0.717) is 44.8 Å². The predicted octanol–water partition coefficient (Wildman–Crippen LogP) is 5.65. The lowest BCUT2D eigenvalue weighted by molar-refractivity contribution is -0.128. The van der Waals surface area contributed by atoms with E-state index in [1.807, 2.05) is 0 Å². The molecule has 0 bridgehead atoms. The number of hydrogen-bond acceptors (Lipinski definition) is 8. The van der Waals surface area contributed by atoms with Crippen molar-refractivity contribution in [1.82, 2.24) is 19.8 Å². The number of aryl methyl sites for hydroxylation is 1. The molecule has 0 unspecified atom stereocenters. The van der Waals surface area contributed by atoms with Crippen LogP contribution in [0.4, 0.5) is 11.5 Å². The highest BCUT2D eigenvalue weighted by molar-refractivity contribution is 5.97. The van der Waals surface area contributed by atoms with Crippen molar-refractivity contribution < 1.29 is 9.53 Å². The van der Waals surface area contributed by atoms with Crippen LogP contribution in [0.2, 0.25) is 0 Å². The molecule has 9 heteroatoms. The molecule has 1 amide bonds. The first-order valence-electron chi connectivity index (χ1n) is 16.9. The number of nitrogens with zero attached hydrogens (tertiary/aromatic N) is 7. The Kier molecular flexibility index (Phi) is 9.74. The Balaban J connectivity index is 1.30. The first-order chi connectivity index (χ1) is 22.4. The number of fused-ring (bicyclic) bond motifs is 2. The summed E-state index contributed by atoms with van der Waals surface area (Å²) in [5.41, 5.74) is 4.59. The van der Waals surface area contributed by atoms with Crippen LogP contribution in [0.3, 0.4) is 0 Å². The monoisotopic (exact) mass is 621 g/mol. The number of amides is 1. The molecule has 1 aromatic heterocycles. The van der Waals surface area contributed by atoms with Crippen LogP contribution in [-0.4, -0.2) is 83.6 Å². The van der Waals surface area contributed by atoms with Gasteiger partial charge in [0, 0.05) is 54.9 Å². The van der Waals surface area contributed by atoms with Crippen molar-refractivity contribution in [3.63, 3.8) is 0 Å². The summed E-state index contributed by atoms with van der Waals surface area (Å²) in [6.07, 6.45) is 8.81. The molecule has 6 rings (SSSR count). The third-order valence-electron chi connectivity index (χ3n) is 10.3. The molecule has 242 valence electrons. The summed E-state index contributed by atoms with van der Waals surface area (Å²) >= 11 is 0. The lowest BCUT2D eigenvalue weighted by Crippen LogP contribution is -2.55. The number of anilines is 2. The lowest BCUT2D eigenvalue weighted by atomic mass is 9.94. The van der Waals surface area contributed by atoms with Crippen molar-refractivity contribution in [2.24, 2.45) is 0 Å². The van der Waals surface area contributed by atoms with Crippen LogP contribution in [0, 0.1) is 18.3 Å². The minimum absolute atomic E-state index is 0.134. The summed E-state index contributed by atoms with van der Waals surface area (Å²) in [6.45, 7) is 11.7. The van der Waals surface area contributed by atoms with Crippen LogP contribution in [0.15, 0.2) is 49.1 Å². The molecule has 2 aromatic carbocycles. The Labute approximate surface area is 273 Å². The average Bonchev–Trinajstić information content (AvgIpc) is 3.09. The van der Waals surface area contributed by atoms with Gasteiger partial charge in [-0.25, -0.2) is 0 Å². The smallest absolute Gasteiger partial charge is 0.318 e. The zero-order chi connectivity index (χ0) is 32.2. The molecular formula is C37H47N7O2. The van der Waals surface area contributed by atoms with E-state index < -0.39 is 0 Å². The first kappa shape index (κ1) is 31.8. The fraction of sp³-hybridized carbons (Fsp3) is 0.514. The van der Waals surface area contributed by atoms with E-state index in [9.17, 15) is 10.1 Å². The zero-order valence-electron chi connectivity index (χ0n) is 27.6. The van der Waals surface area contributed by atoms with Crippen molar-refractivity contribution in [2.45, 2.75) is 83.5 Å². The number of piperazine rings is 1. The number of carbonyl (C=O) groups is 1. The van der Waals surface area contributed by atoms with Crippen LogP contribution in [0.25, 0.3) is 10.8 Å². The van der Waals surface area contributed by atoms with Gasteiger partial charge in [-0.05, 0) is 63.2 Å². The van der Waals surface area contributed by atoms with E-state index in [-0.39, 0.29) is 24.4 Å². The van der Waals surface area contributed by atoms with E-state index in [2.05, 4.69) is 84.6 Å². The topological polar surface area (TPSA) is 88.8 Å². The van der Waals surface area contributed by atoms with Crippen molar-refractivity contribution in [2.75, 3.05) is 49.6 Å². The molecular weight excluding hydrogens is 574 g/mol. The highest BCUT2D eigenvalue weighted by atomic mass is 16.5. The Bertz CT molecular complexity index is 1610. The van der Waals surface area contributed by atoms with Gasteiger partial charge >= 0.3 is 6.01 Å². The molecule has 9 nitrogen and oxygen atoms in total. The van der Waals surface area contributed by atoms with Gasteiger partial charge in [0.1, 0.15) is 12.4 Å². The fourth-order valence-electron chi connectivity index (χ4n) is 7.59. The maximum absolute atomic E-state index is 12.6. The minimum Gasteiger partial charge on any atom is -0.462 e. The van der Waals surface area contributed by atoms with E-state index in [1.54, 1.807) is 4.90 Å². The van der Waals surface area contributed by atoms with Crippen LogP contribution in [-0.2, 0) is 17.8 Å². The Morgan fingerprint density at radius 2 is 1.91 bits per heavy atom. The lowest BCUT2D eigenvalue weighted by Gasteiger charge is -2.42. The summed E-state index contributed by atoms with van der Waals surface area (Å²) in [5, 5.41) is 12.1. The van der Waals surface area contributed by atoms with Gasteiger partial charge in [-0.3, -0.25) is 9.69 Å². The average molecular weight is 622 g/mol. The number of nitriles is 1. The summed E-state index contributed by atoms with van der Waals surface area (Å²) in [6, 6.07) is 16.3. The van der Waals surface area contributed by atoms with Gasteiger partial charge in [0.25, 0.3) is 0 Å². The van der Waals surface area contributed by atoms with Gasteiger partial charge in [-0.15, -0.1) is 0 Å². The summed E-state index contributed by atoms with van der Waals surface area (Å²) < 4.78 is 6.42. The first-order valence-corrected chi connectivity index (χ1v) is 16.9. The summed E-state index contributed by atoms with van der Waals surface area (Å²) in [7, 11) is 2.21.